The van der Waals surface area contributed by atoms with E-state index < -0.39 is 15.8 Å². The molecule has 23 heavy (non-hydrogen) atoms. The average Bonchev–Trinajstić information content (AvgIpc) is 2.50. The van der Waals surface area contributed by atoms with E-state index in [0.29, 0.717) is 0 Å². The van der Waals surface area contributed by atoms with Gasteiger partial charge in [0.15, 0.2) is 0 Å². The Bertz CT molecular complexity index is 794. The summed E-state index contributed by atoms with van der Waals surface area (Å²) in [5, 5.41) is 2.63. The van der Waals surface area contributed by atoms with Crippen molar-refractivity contribution in [3.05, 3.63) is 41.2 Å². The van der Waals surface area contributed by atoms with Gasteiger partial charge in [-0.25, -0.2) is 8.42 Å². The van der Waals surface area contributed by atoms with E-state index in [9.17, 15) is 18.0 Å². The van der Waals surface area contributed by atoms with Gasteiger partial charge in [-0.15, -0.1) is 0 Å². The Morgan fingerprint density at radius 2 is 1.87 bits per heavy atom. The Morgan fingerprint density at radius 3 is 2.43 bits per heavy atom. The first kappa shape index (κ1) is 17.2. The van der Waals surface area contributed by atoms with Gasteiger partial charge in [0, 0.05) is 23.7 Å². The van der Waals surface area contributed by atoms with Crippen LogP contribution in [0.1, 0.15) is 38.1 Å². The van der Waals surface area contributed by atoms with Crippen LogP contribution in [0.4, 0.5) is 0 Å². The number of rotatable bonds is 3. The zero-order chi connectivity index (χ0) is 17.4. The monoisotopic (exact) mass is 336 g/mol. The molecular formula is C16H20N2O4S. The summed E-state index contributed by atoms with van der Waals surface area (Å²) < 4.78 is 26.5. The Balaban J connectivity index is 2.65. The number of sulfonamides is 1. The summed E-state index contributed by atoms with van der Waals surface area (Å²) in [5.41, 5.74) is 0.374. The SMILES string of the molecule is CCN1C(=C(C)NC(=O)C(C)C)C(=O)c2ccccc2S1(=O)=O. The van der Waals surface area contributed by atoms with E-state index in [1.54, 1.807) is 39.8 Å². The van der Waals surface area contributed by atoms with Crippen molar-refractivity contribution < 1.29 is 18.0 Å². The molecule has 6 nitrogen and oxygen atoms in total. The van der Waals surface area contributed by atoms with Crippen molar-refractivity contribution in [2.75, 3.05) is 6.54 Å². The minimum atomic E-state index is -3.81. The molecular weight excluding hydrogens is 316 g/mol. The lowest BCUT2D eigenvalue weighted by atomic mass is 10.1. The zero-order valence-corrected chi connectivity index (χ0v) is 14.4. The van der Waals surface area contributed by atoms with Crippen LogP contribution >= 0.6 is 0 Å². The molecule has 1 heterocycles. The molecule has 0 atom stereocenters. The van der Waals surface area contributed by atoms with Crippen molar-refractivity contribution >= 4 is 21.7 Å². The lowest BCUT2D eigenvalue weighted by molar-refractivity contribution is -0.123. The third-order valence-corrected chi connectivity index (χ3v) is 5.57. The maximum atomic E-state index is 12.8. The Kier molecular flexibility index (Phi) is 4.61. The van der Waals surface area contributed by atoms with Crippen molar-refractivity contribution in [2.45, 2.75) is 32.6 Å². The number of benzene rings is 1. The molecule has 1 aromatic rings. The number of amides is 1. The third kappa shape index (κ3) is 2.88. The summed E-state index contributed by atoms with van der Waals surface area (Å²) in [6, 6.07) is 6.11. The number of allylic oxidation sites excluding steroid dienone is 2. The van der Waals surface area contributed by atoms with Crippen molar-refractivity contribution in [2.24, 2.45) is 5.92 Å². The summed E-state index contributed by atoms with van der Waals surface area (Å²) in [5.74, 6) is -0.947. The molecule has 1 amide bonds. The maximum Gasteiger partial charge on any atom is 0.265 e. The topological polar surface area (TPSA) is 83.6 Å². The maximum absolute atomic E-state index is 12.8. The largest absolute Gasteiger partial charge is 0.328 e. The molecule has 2 rings (SSSR count). The number of nitrogens with zero attached hydrogens (tertiary/aromatic N) is 1. The molecule has 0 spiro atoms. The standard InChI is InChI=1S/C16H20N2O4S/c1-5-18-14(11(4)17-16(20)10(2)3)15(19)12-8-6-7-9-13(12)23(18,21)22/h6-10H,5H2,1-4H3,(H,17,20). The van der Waals surface area contributed by atoms with Gasteiger partial charge >= 0.3 is 0 Å². The minimum Gasteiger partial charge on any atom is -0.328 e. The van der Waals surface area contributed by atoms with Crippen LogP contribution in [-0.4, -0.2) is 31.0 Å². The highest BCUT2D eigenvalue weighted by atomic mass is 32.2. The van der Waals surface area contributed by atoms with Gasteiger partial charge in [0.05, 0.1) is 4.90 Å². The molecule has 0 unspecified atom stereocenters. The normalized spacial score (nSPS) is 18.7. The first-order valence-electron chi connectivity index (χ1n) is 7.40. The van der Waals surface area contributed by atoms with Crippen molar-refractivity contribution in [1.82, 2.24) is 9.62 Å². The molecule has 0 bridgehead atoms. The van der Waals surface area contributed by atoms with Gasteiger partial charge in [0.1, 0.15) is 5.70 Å². The first-order chi connectivity index (χ1) is 10.7. The van der Waals surface area contributed by atoms with Crippen LogP contribution in [0.25, 0.3) is 0 Å². The van der Waals surface area contributed by atoms with Crippen LogP contribution in [0.5, 0.6) is 0 Å². The van der Waals surface area contributed by atoms with Gasteiger partial charge in [-0.1, -0.05) is 26.0 Å². The van der Waals surface area contributed by atoms with E-state index in [1.807, 2.05) is 0 Å². The molecule has 124 valence electrons. The van der Waals surface area contributed by atoms with Gasteiger partial charge in [0.2, 0.25) is 11.7 Å². The van der Waals surface area contributed by atoms with Crippen molar-refractivity contribution in [3.8, 4) is 0 Å². The van der Waals surface area contributed by atoms with E-state index in [0.717, 1.165) is 4.31 Å². The number of carbonyl (C=O) groups is 2. The summed E-state index contributed by atoms with van der Waals surface area (Å²) in [4.78, 5) is 24.6. The molecule has 0 saturated heterocycles. The van der Waals surface area contributed by atoms with Gasteiger partial charge in [-0.2, -0.15) is 0 Å². The lowest BCUT2D eigenvalue weighted by Gasteiger charge is -2.31. The number of carbonyl (C=O) groups excluding carboxylic acids is 2. The van der Waals surface area contributed by atoms with E-state index in [1.165, 1.54) is 12.1 Å². The highest BCUT2D eigenvalue weighted by molar-refractivity contribution is 7.89. The molecule has 1 aromatic carbocycles. The summed E-state index contributed by atoms with van der Waals surface area (Å²) >= 11 is 0. The van der Waals surface area contributed by atoms with E-state index in [4.69, 9.17) is 0 Å². The molecule has 0 aliphatic carbocycles. The van der Waals surface area contributed by atoms with Crippen LogP contribution in [0.15, 0.2) is 40.6 Å². The van der Waals surface area contributed by atoms with Gasteiger partial charge in [-0.3, -0.25) is 13.9 Å². The van der Waals surface area contributed by atoms with Crippen LogP contribution in [0, 0.1) is 5.92 Å². The summed E-state index contributed by atoms with van der Waals surface area (Å²) in [6.07, 6.45) is 0. The fraction of sp³-hybridized carbons (Fsp3) is 0.375. The van der Waals surface area contributed by atoms with Crippen molar-refractivity contribution in [1.29, 1.82) is 0 Å². The fourth-order valence-corrected chi connectivity index (χ4v) is 4.16. The van der Waals surface area contributed by atoms with Crippen LogP contribution < -0.4 is 5.32 Å². The number of hydrogen-bond donors (Lipinski definition) is 1. The fourth-order valence-electron chi connectivity index (χ4n) is 2.43. The molecule has 1 aliphatic heterocycles. The number of Topliss-reactive ketones (excluding diaryl/α,β-unsaturated/α-hetero) is 1. The highest BCUT2D eigenvalue weighted by Crippen LogP contribution is 2.32. The Labute approximate surface area is 136 Å². The van der Waals surface area contributed by atoms with Crippen molar-refractivity contribution in [3.63, 3.8) is 0 Å². The predicted molar refractivity (Wildman–Crippen MR) is 86.0 cm³/mol. The highest BCUT2D eigenvalue weighted by Gasteiger charge is 2.39. The zero-order valence-electron chi connectivity index (χ0n) is 13.6. The van der Waals surface area contributed by atoms with Gasteiger partial charge in [-0.05, 0) is 26.0 Å². The summed E-state index contributed by atoms with van der Waals surface area (Å²) in [7, 11) is -3.81. The predicted octanol–water partition coefficient (Wildman–Crippen LogP) is 1.90. The van der Waals surface area contributed by atoms with Crippen LogP contribution in [0.3, 0.4) is 0 Å². The average molecular weight is 336 g/mol. The molecule has 0 radical (unpaired) electrons. The molecule has 0 saturated carbocycles. The van der Waals surface area contributed by atoms with Crippen LogP contribution in [0.2, 0.25) is 0 Å². The van der Waals surface area contributed by atoms with Gasteiger partial charge in [0.25, 0.3) is 10.0 Å². The molecule has 1 N–H and O–H groups in total. The molecule has 1 aliphatic rings. The second-order valence-corrected chi connectivity index (χ2v) is 7.44. The quantitative estimate of drug-likeness (QED) is 0.855. The summed E-state index contributed by atoms with van der Waals surface area (Å²) in [6.45, 7) is 6.74. The minimum absolute atomic E-state index is 0.000185. The first-order valence-corrected chi connectivity index (χ1v) is 8.84. The smallest absolute Gasteiger partial charge is 0.265 e. The number of nitrogens with one attached hydrogen (secondary N) is 1. The molecule has 0 fully saturated rings. The third-order valence-electron chi connectivity index (χ3n) is 3.64. The number of hydrogen-bond acceptors (Lipinski definition) is 4. The Hall–Kier alpha value is -2.15. The second-order valence-electron chi connectivity index (χ2n) is 5.61. The number of likely N-dealkylation sites (N-methyl/N-ethyl adjacent to an activating group) is 1. The lowest BCUT2D eigenvalue weighted by Crippen LogP contribution is -2.41. The van der Waals surface area contributed by atoms with E-state index in [-0.39, 0.29) is 40.2 Å². The van der Waals surface area contributed by atoms with E-state index >= 15 is 0 Å². The number of ketones is 1. The second kappa shape index (κ2) is 6.16. The Morgan fingerprint density at radius 1 is 1.26 bits per heavy atom. The molecule has 7 heteroatoms. The van der Waals surface area contributed by atoms with Gasteiger partial charge < -0.3 is 5.32 Å². The number of fused-ring (bicyclic) bond motifs is 1. The van der Waals surface area contributed by atoms with Crippen LogP contribution in [-0.2, 0) is 14.8 Å². The van der Waals surface area contributed by atoms with E-state index in [2.05, 4.69) is 5.32 Å². The molecule has 0 aromatic heterocycles.